The Morgan fingerprint density at radius 1 is 1.06 bits per heavy atom. The van der Waals surface area contributed by atoms with Gasteiger partial charge in [0.1, 0.15) is 5.82 Å². The van der Waals surface area contributed by atoms with Gasteiger partial charge in [0.15, 0.2) is 5.65 Å². The molecule has 1 aromatic carbocycles. The lowest BCUT2D eigenvalue weighted by Crippen LogP contribution is -1.92. The minimum atomic E-state index is -0.245. The largest absolute Gasteiger partial charge is 0.235 e. The van der Waals surface area contributed by atoms with Crippen LogP contribution in [-0.4, -0.2) is 14.6 Å². The van der Waals surface area contributed by atoms with Crippen molar-refractivity contribution in [3.05, 3.63) is 54.6 Å². The Morgan fingerprint density at radius 3 is 2.69 bits per heavy atom. The molecule has 0 fully saturated rings. The third-order valence-electron chi connectivity index (χ3n) is 2.42. The quantitative estimate of drug-likeness (QED) is 0.621. The molecule has 0 atom stereocenters. The molecule has 0 aliphatic heterocycles. The van der Waals surface area contributed by atoms with Crippen molar-refractivity contribution in [2.75, 3.05) is 0 Å². The summed E-state index contributed by atoms with van der Waals surface area (Å²) in [7, 11) is 0. The zero-order valence-electron chi connectivity index (χ0n) is 8.34. The summed E-state index contributed by atoms with van der Waals surface area (Å²) in [4.78, 5) is 4.22. The number of fused-ring (bicyclic) bond motifs is 1. The highest BCUT2D eigenvalue weighted by Gasteiger charge is 2.05. The van der Waals surface area contributed by atoms with Crippen molar-refractivity contribution >= 4 is 5.65 Å². The molecular formula is C12H8FN3. The normalized spacial score (nSPS) is 10.8. The molecule has 78 valence electrons. The van der Waals surface area contributed by atoms with Crippen LogP contribution in [0.3, 0.4) is 0 Å². The molecule has 2 aromatic heterocycles. The van der Waals surface area contributed by atoms with Crippen molar-refractivity contribution in [2.24, 2.45) is 0 Å². The lowest BCUT2D eigenvalue weighted by molar-refractivity contribution is 0.628. The second kappa shape index (κ2) is 3.41. The molecule has 0 aliphatic carbocycles. The van der Waals surface area contributed by atoms with Gasteiger partial charge in [-0.15, -0.1) is 0 Å². The van der Waals surface area contributed by atoms with E-state index in [1.807, 2.05) is 12.1 Å². The van der Waals surface area contributed by atoms with Crippen molar-refractivity contribution in [1.29, 1.82) is 0 Å². The summed E-state index contributed by atoms with van der Waals surface area (Å²) in [6.07, 6.45) is 3.43. The molecule has 16 heavy (non-hydrogen) atoms. The molecule has 0 unspecified atom stereocenters. The van der Waals surface area contributed by atoms with Crippen LogP contribution in [0.5, 0.6) is 0 Å². The van der Waals surface area contributed by atoms with Gasteiger partial charge in [-0.25, -0.2) is 13.9 Å². The first-order chi connectivity index (χ1) is 7.84. The number of aromatic nitrogens is 3. The summed E-state index contributed by atoms with van der Waals surface area (Å²) in [6, 6.07) is 9.99. The van der Waals surface area contributed by atoms with E-state index in [2.05, 4.69) is 10.1 Å². The predicted octanol–water partition coefficient (Wildman–Crippen LogP) is 2.54. The molecule has 2 heterocycles. The third kappa shape index (κ3) is 1.35. The summed E-state index contributed by atoms with van der Waals surface area (Å²) in [5.74, 6) is -0.245. The van der Waals surface area contributed by atoms with Crippen LogP contribution in [0.25, 0.3) is 16.9 Å². The van der Waals surface area contributed by atoms with Crippen molar-refractivity contribution in [2.45, 2.75) is 0 Å². The second-order valence-electron chi connectivity index (χ2n) is 3.44. The number of halogens is 1. The maximum absolute atomic E-state index is 12.8. The van der Waals surface area contributed by atoms with E-state index in [-0.39, 0.29) is 5.82 Å². The molecule has 0 saturated carbocycles. The molecule has 0 saturated heterocycles. The van der Waals surface area contributed by atoms with Crippen LogP contribution >= 0.6 is 0 Å². The molecule has 3 aromatic rings. The fourth-order valence-corrected chi connectivity index (χ4v) is 1.65. The maximum Gasteiger partial charge on any atom is 0.154 e. The molecule has 3 nitrogen and oxygen atoms in total. The lowest BCUT2D eigenvalue weighted by atomic mass is 10.2. The van der Waals surface area contributed by atoms with Crippen LogP contribution in [-0.2, 0) is 0 Å². The van der Waals surface area contributed by atoms with Gasteiger partial charge in [0.05, 0.1) is 11.9 Å². The molecule has 0 amide bonds. The third-order valence-corrected chi connectivity index (χ3v) is 2.42. The summed E-state index contributed by atoms with van der Waals surface area (Å²) < 4.78 is 14.5. The first-order valence-corrected chi connectivity index (χ1v) is 4.89. The van der Waals surface area contributed by atoms with E-state index < -0.39 is 0 Å². The van der Waals surface area contributed by atoms with Crippen LogP contribution in [0, 0.1) is 5.82 Å². The Labute approximate surface area is 91.2 Å². The molecule has 0 bridgehead atoms. The van der Waals surface area contributed by atoms with Gasteiger partial charge < -0.3 is 0 Å². The summed E-state index contributed by atoms with van der Waals surface area (Å²) in [6.45, 7) is 0. The summed E-state index contributed by atoms with van der Waals surface area (Å²) in [5, 5.41) is 4.20. The lowest BCUT2D eigenvalue weighted by Gasteiger charge is -1.99. The average Bonchev–Trinajstić information content (AvgIpc) is 2.74. The number of hydrogen-bond donors (Lipinski definition) is 0. The van der Waals surface area contributed by atoms with Crippen LogP contribution in [0.2, 0.25) is 0 Å². The monoisotopic (exact) mass is 213 g/mol. The van der Waals surface area contributed by atoms with E-state index >= 15 is 0 Å². The number of nitrogens with zero attached hydrogens (tertiary/aromatic N) is 3. The average molecular weight is 213 g/mol. The molecule has 0 spiro atoms. The predicted molar refractivity (Wildman–Crippen MR) is 58.4 cm³/mol. The summed E-state index contributed by atoms with van der Waals surface area (Å²) >= 11 is 0. The van der Waals surface area contributed by atoms with E-state index in [1.165, 1.54) is 12.1 Å². The molecule has 4 heteroatoms. The van der Waals surface area contributed by atoms with Crippen molar-refractivity contribution < 1.29 is 4.39 Å². The SMILES string of the molecule is Fc1ccc(-c2cnc3cccnn23)cc1. The van der Waals surface area contributed by atoms with Gasteiger partial charge in [0.2, 0.25) is 0 Å². The van der Waals surface area contributed by atoms with Crippen LogP contribution in [0.4, 0.5) is 4.39 Å². The molecular weight excluding hydrogens is 205 g/mol. The smallest absolute Gasteiger partial charge is 0.154 e. The van der Waals surface area contributed by atoms with E-state index in [1.54, 1.807) is 29.0 Å². The molecule has 0 aliphatic rings. The van der Waals surface area contributed by atoms with Gasteiger partial charge in [-0.1, -0.05) is 0 Å². The highest BCUT2D eigenvalue weighted by Crippen LogP contribution is 2.19. The molecule has 3 rings (SSSR count). The first-order valence-electron chi connectivity index (χ1n) is 4.89. The van der Waals surface area contributed by atoms with Gasteiger partial charge in [-0.3, -0.25) is 0 Å². The van der Waals surface area contributed by atoms with E-state index in [9.17, 15) is 4.39 Å². The fraction of sp³-hybridized carbons (Fsp3) is 0. The molecule has 0 radical (unpaired) electrons. The van der Waals surface area contributed by atoms with Crippen LogP contribution in [0.15, 0.2) is 48.8 Å². The van der Waals surface area contributed by atoms with Crippen LogP contribution < -0.4 is 0 Å². The highest BCUT2D eigenvalue weighted by atomic mass is 19.1. The van der Waals surface area contributed by atoms with Gasteiger partial charge in [-0.05, 0) is 36.4 Å². The zero-order chi connectivity index (χ0) is 11.0. The van der Waals surface area contributed by atoms with Gasteiger partial charge in [0.25, 0.3) is 0 Å². The fourth-order valence-electron chi connectivity index (χ4n) is 1.65. The minimum absolute atomic E-state index is 0.245. The van der Waals surface area contributed by atoms with Crippen molar-refractivity contribution in [3.8, 4) is 11.3 Å². The van der Waals surface area contributed by atoms with E-state index in [0.717, 1.165) is 16.9 Å². The standard InChI is InChI=1S/C12H8FN3/c13-10-5-3-9(4-6-10)11-8-14-12-2-1-7-15-16(11)12/h1-8H. The first kappa shape index (κ1) is 9.03. The molecule has 0 N–H and O–H groups in total. The Hall–Kier alpha value is -2.23. The highest BCUT2D eigenvalue weighted by molar-refractivity contribution is 5.62. The number of imidazole rings is 1. The summed E-state index contributed by atoms with van der Waals surface area (Å²) in [5.41, 5.74) is 2.53. The maximum atomic E-state index is 12.8. The van der Waals surface area contributed by atoms with E-state index in [4.69, 9.17) is 0 Å². The Kier molecular flexibility index (Phi) is 1.93. The second-order valence-corrected chi connectivity index (χ2v) is 3.44. The van der Waals surface area contributed by atoms with Gasteiger partial charge in [0, 0.05) is 11.8 Å². The topological polar surface area (TPSA) is 30.2 Å². The minimum Gasteiger partial charge on any atom is -0.235 e. The Bertz CT molecular complexity index is 628. The number of hydrogen-bond acceptors (Lipinski definition) is 2. The Balaban J connectivity index is 2.22. The number of rotatable bonds is 1. The van der Waals surface area contributed by atoms with Crippen molar-refractivity contribution in [1.82, 2.24) is 14.6 Å². The Morgan fingerprint density at radius 2 is 1.88 bits per heavy atom. The van der Waals surface area contributed by atoms with Crippen LogP contribution in [0.1, 0.15) is 0 Å². The van der Waals surface area contributed by atoms with Gasteiger partial charge >= 0.3 is 0 Å². The van der Waals surface area contributed by atoms with Gasteiger partial charge in [-0.2, -0.15) is 5.10 Å². The van der Waals surface area contributed by atoms with Crippen molar-refractivity contribution in [3.63, 3.8) is 0 Å². The van der Waals surface area contributed by atoms with E-state index in [0.29, 0.717) is 0 Å². The zero-order valence-corrected chi connectivity index (χ0v) is 8.34. The number of benzene rings is 1.